The van der Waals surface area contributed by atoms with Crippen molar-refractivity contribution in [3.05, 3.63) is 235 Å². The van der Waals surface area contributed by atoms with E-state index < -0.39 is 5.97 Å². The van der Waals surface area contributed by atoms with Gasteiger partial charge < -0.3 is 10.0 Å². The average Bonchev–Trinajstić information content (AvgIpc) is 3.24. The Morgan fingerprint density at radius 2 is 0.667 bits per heavy atom. The number of carboxylic acids is 1. The number of rotatable bonds is 11. The van der Waals surface area contributed by atoms with Crippen LogP contribution in [0.2, 0.25) is 0 Å². The molecular formula is C57H53NO2. The van der Waals surface area contributed by atoms with E-state index in [-0.39, 0.29) is 0 Å². The third-order valence-electron chi connectivity index (χ3n) is 11.8. The van der Waals surface area contributed by atoms with E-state index in [4.69, 9.17) is 0 Å². The zero-order chi connectivity index (χ0) is 42.5. The van der Waals surface area contributed by atoms with Crippen molar-refractivity contribution >= 4 is 52.4 Å². The first kappa shape index (κ1) is 41.2. The second kappa shape index (κ2) is 17.9. The van der Waals surface area contributed by atoms with E-state index >= 15 is 0 Å². The molecule has 0 unspecified atom stereocenters. The van der Waals surface area contributed by atoms with E-state index in [1.807, 2.05) is 24.3 Å². The molecular weight excluding hydrogens is 731 g/mol. The van der Waals surface area contributed by atoms with Gasteiger partial charge in [0.25, 0.3) is 0 Å². The van der Waals surface area contributed by atoms with Crippen LogP contribution in [0.3, 0.4) is 0 Å². The first-order valence-electron chi connectivity index (χ1n) is 20.6. The summed E-state index contributed by atoms with van der Waals surface area (Å²) < 4.78 is 0. The minimum atomic E-state index is -0.972. The Morgan fingerprint density at radius 1 is 0.383 bits per heavy atom. The van der Waals surface area contributed by atoms with Crippen molar-refractivity contribution in [2.45, 2.75) is 55.4 Å². The van der Waals surface area contributed by atoms with Gasteiger partial charge in [-0.25, -0.2) is 4.79 Å². The van der Waals surface area contributed by atoms with Crippen molar-refractivity contribution in [3.63, 3.8) is 0 Å². The molecule has 0 fully saturated rings. The quantitative estimate of drug-likeness (QED) is 0.105. The normalized spacial score (nSPS) is 11.1. The van der Waals surface area contributed by atoms with E-state index in [1.165, 1.54) is 84.0 Å². The van der Waals surface area contributed by atoms with Crippen LogP contribution in [0.4, 0.5) is 17.1 Å². The van der Waals surface area contributed by atoms with Crippen LogP contribution >= 0.6 is 0 Å². The van der Waals surface area contributed by atoms with Crippen molar-refractivity contribution in [3.8, 4) is 0 Å². The maximum absolute atomic E-state index is 11.2. The first-order valence-corrected chi connectivity index (χ1v) is 20.6. The van der Waals surface area contributed by atoms with Gasteiger partial charge in [-0.05, 0) is 205 Å². The molecule has 0 saturated heterocycles. The standard InChI is InChI=1S/C57H53NO2/c1-37-9-20-48(31-41(37)5)55(49-21-10-38(2)42(6)32-49)35-46-15-26-53(27-16-46)58(52-24-13-45(14-25-52)19-30-57(59)60)54-28-17-47(18-29-54)36-56(50-22-11-39(3)43(7)33-50)51-23-12-40(4)44(8)34-51/h9-36H,1-8H3,(H,59,60)/b30-19-. The fraction of sp³-hybridized carbons (Fsp3) is 0.140. The number of carboxylic acid groups (broad SMARTS) is 1. The number of aliphatic carboxylic acids is 1. The molecule has 7 rings (SSSR count). The Morgan fingerprint density at radius 3 is 0.933 bits per heavy atom. The zero-order valence-electron chi connectivity index (χ0n) is 36.0. The number of aryl methyl sites for hydroxylation is 8. The molecule has 60 heavy (non-hydrogen) atoms. The summed E-state index contributed by atoms with van der Waals surface area (Å²) in [6.45, 7) is 17.3. The second-order valence-electron chi connectivity index (χ2n) is 16.1. The molecule has 1 N–H and O–H groups in total. The maximum atomic E-state index is 11.2. The smallest absolute Gasteiger partial charge is 0.328 e. The topological polar surface area (TPSA) is 40.5 Å². The van der Waals surface area contributed by atoms with Crippen molar-refractivity contribution in [2.24, 2.45) is 0 Å². The first-order chi connectivity index (χ1) is 28.8. The molecule has 0 aliphatic heterocycles. The van der Waals surface area contributed by atoms with E-state index in [9.17, 15) is 9.90 Å². The molecule has 7 aromatic rings. The van der Waals surface area contributed by atoms with Crippen LogP contribution in [0.25, 0.3) is 29.4 Å². The van der Waals surface area contributed by atoms with Gasteiger partial charge in [0.15, 0.2) is 0 Å². The highest BCUT2D eigenvalue weighted by Gasteiger charge is 2.15. The van der Waals surface area contributed by atoms with Crippen molar-refractivity contribution < 1.29 is 9.90 Å². The SMILES string of the molecule is Cc1ccc(C(=Cc2ccc(N(c3ccc(C=C(c4ccc(C)c(C)c4)c4ccc(C)c(C)c4)cc3)c3ccc(/C=C\C(=O)O)cc3)cc2)c2ccc(C)c(C)c2)cc1C. The number of carbonyl (C=O) groups is 1. The van der Waals surface area contributed by atoms with Gasteiger partial charge in [0.2, 0.25) is 0 Å². The minimum Gasteiger partial charge on any atom is -0.478 e. The highest BCUT2D eigenvalue weighted by Crippen LogP contribution is 2.37. The summed E-state index contributed by atoms with van der Waals surface area (Å²) in [5.74, 6) is -0.972. The van der Waals surface area contributed by atoms with E-state index in [1.54, 1.807) is 6.08 Å². The molecule has 0 spiro atoms. The highest BCUT2D eigenvalue weighted by atomic mass is 16.4. The summed E-state index contributed by atoms with van der Waals surface area (Å²) in [6, 6.07) is 52.3. The van der Waals surface area contributed by atoms with Gasteiger partial charge >= 0.3 is 5.97 Å². The monoisotopic (exact) mass is 783 g/mol. The van der Waals surface area contributed by atoms with Crippen LogP contribution in [0.1, 0.15) is 83.5 Å². The molecule has 3 nitrogen and oxygen atoms in total. The second-order valence-corrected chi connectivity index (χ2v) is 16.1. The lowest BCUT2D eigenvalue weighted by atomic mass is 9.91. The van der Waals surface area contributed by atoms with Gasteiger partial charge in [0.1, 0.15) is 0 Å². The number of hydrogen-bond acceptors (Lipinski definition) is 2. The van der Waals surface area contributed by atoms with Gasteiger partial charge in [-0.1, -0.05) is 109 Å². The number of hydrogen-bond donors (Lipinski definition) is 1. The molecule has 0 atom stereocenters. The molecule has 0 heterocycles. The predicted octanol–water partition coefficient (Wildman–Crippen LogP) is 14.9. The molecule has 298 valence electrons. The molecule has 3 heteroatoms. The van der Waals surface area contributed by atoms with Crippen LogP contribution in [0, 0.1) is 55.4 Å². The van der Waals surface area contributed by atoms with Gasteiger partial charge in [-0.3, -0.25) is 0 Å². The van der Waals surface area contributed by atoms with E-state index in [2.05, 4.69) is 194 Å². The number of nitrogens with zero attached hydrogens (tertiary/aromatic N) is 1. The Labute approximate surface area is 356 Å². The van der Waals surface area contributed by atoms with E-state index in [0.717, 1.165) is 33.8 Å². The summed E-state index contributed by atoms with van der Waals surface area (Å²) >= 11 is 0. The van der Waals surface area contributed by atoms with Crippen LogP contribution < -0.4 is 4.90 Å². The molecule has 0 aromatic heterocycles. The third-order valence-corrected chi connectivity index (χ3v) is 11.8. The Kier molecular flexibility index (Phi) is 12.3. The Hall–Kier alpha value is -6.97. The molecule has 0 amide bonds. The van der Waals surface area contributed by atoms with E-state index in [0.29, 0.717) is 0 Å². The van der Waals surface area contributed by atoms with Crippen LogP contribution in [0.5, 0.6) is 0 Å². The largest absolute Gasteiger partial charge is 0.478 e. The average molecular weight is 784 g/mol. The summed E-state index contributed by atoms with van der Waals surface area (Å²) in [7, 11) is 0. The number of benzene rings is 7. The van der Waals surface area contributed by atoms with Gasteiger partial charge in [-0.15, -0.1) is 0 Å². The zero-order valence-corrected chi connectivity index (χ0v) is 36.0. The summed E-state index contributed by atoms with van der Waals surface area (Å²) in [5, 5.41) is 9.22. The maximum Gasteiger partial charge on any atom is 0.328 e. The predicted molar refractivity (Wildman–Crippen MR) is 255 cm³/mol. The molecule has 0 aliphatic carbocycles. The molecule has 7 aromatic carbocycles. The highest BCUT2D eigenvalue weighted by molar-refractivity contribution is 5.94. The fourth-order valence-corrected chi connectivity index (χ4v) is 7.42. The summed E-state index contributed by atoms with van der Waals surface area (Å²) in [5.41, 5.74) is 23.3. The molecule has 0 radical (unpaired) electrons. The fourth-order valence-electron chi connectivity index (χ4n) is 7.42. The summed E-state index contributed by atoms with van der Waals surface area (Å²) in [6.07, 6.45) is 7.36. The lowest BCUT2D eigenvalue weighted by Crippen LogP contribution is -2.09. The number of anilines is 3. The van der Waals surface area contributed by atoms with Crippen LogP contribution in [-0.2, 0) is 4.79 Å². The van der Waals surface area contributed by atoms with Crippen molar-refractivity contribution in [1.82, 2.24) is 0 Å². The lowest BCUT2D eigenvalue weighted by Gasteiger charge is -2.26. The Balaban J connectivity index is 1.29. The molecule has 0 bridgehead atoms. The van der Waals surface area contributed by atoms with Crippen molar-refractivity contribution in [2.75, 3.05) is 4.90 Å². The van der Waals surface area contributed by atoms with Gasteiger partial charge in [-0.2, -0.15) is 0 Å². The van der Waals surface area contributed by atoms with Gasteiger partial charge in [0, 0.05) is 23.1 Å². The summed E-state index contributed by atoms with van der Waals surface area (Å²) in [4.78, 5) is 13.5. The third kappa shape index (κ3) is 9.49. The van der Waals surface area contributed by atoms with Gasteiger partial charge in [0.05, 0.1) is 0 Å². The minimum absolute atomic E-state index is 0.817. The van der Waals surface area contributed by atoms with Crippen LogP contribution in [-0.4, -0.2) is 11.1 Å². The Bertz CT molecular complexity index is 2510. The molecule has 0 aliphatic rings. The van der Waals surface area contributed by atoms with Crippen molar-refractivity contribution in [1.29, 1.82) is 0 Å². The molecule has 0 saturated carbocycles. The van der Waals surface area contributed by atoms with Crippen LogP contribution in [0.15, 0.2) is 152 Å². The lowest BCUT2D eigenvalue weighted by molar-refractivity contribution is -0.131.